The predicted molar refractivity (Wildman–Crippen MR) is 121 cm³/mol. The van der Waals surface area contributed by atoms with Gasteiger partial charge in [0.2, 0.25) is 0 Å². The summed E-state index contributed by atoms with van der Waals surface area (Å²) in [6.07, 6.45) is 0. The van der Waals surface area contributed by atoms with Gasteiger partial charge in [0.05, 0.1) is 35.9 Å². The van der Waals surface area contributed by atoms with Crippen LogP contribution in [0.15, 0.2) is 58.3 Å². The molecule has 0 aliphatic heterocycles. The Morgan fingerprint density at radius 1 is 0.862 bits per heavy atom. The smallest absolute Gasteiger partial charge is 0.178 e. The second-order valence-corrected chi connectivity index (χ2v) is 9.67. The fraction of sp³-hybridized carbons (Fsp3) is 0.400. The van der Waals surface area contributed by atoms with E-state index in [1.165, 1.54) is 17.0 Å². The summed E-state index contributed by atoms with van der Waals surface area (Å²) < 4.78 is 22.9. The van der Waals surface area contributed by atoms with Crippen LogP contribution in [0.5, 0.6) is 0 Å². The van der Waals surface area contributed by atoms with Crippen molar-refractivity contribution in [3.63, 3.8) is 0 Å². The van der Waals surface area contributed by atoms with E-state index in [9.17, 15) is 8.42 Å². The van der Waals surface area contributed by atoms with Gasteiger partial charge >= 0.3 is 0 Å². The molecule has 0 heterocycles. The lowest BCUT2D eigenvalue weighted by Crippen LogP contribution is -2.14. The molecule has 0 spiro atoms. The lowest BCUT2D eigenvalue weighted by molar-refractivity contribution is 0.268. The largest absolute Gasteiger partial charge is 0.394 e. The predicted octanol–water partition coefficient (Wildman–Crippen LogP) is 1.88. The van der Waals surface area contributed by atoms with Crippen LogP contribution < -0.4 is 11.5 Å². The molecule has 2 aromatic rings. The maximum atomic E-state index is 11.5. The molecular weight excluding hydrogens is 407 g/mol. The van der Waals surface area contributed by atoms with Crippen molar-refractivity contribution >= 4 is 30.0 Å². The van der Waals surface area contributed by atoms with Gasteiger partial charge in [-0.2, -0.15) is 0 Å². The number of sulfone groups is 1. The molecule has 2 rings (SSSR count). The van der Waals surface area contributed by atoms with Crippen LogP contribution in [-0.2, 0) is 9.84 Å². The van der Waals surface area contributed by atoms with Crippen LogP contribution >= 0.6 is 11.8 Å². The molecule has 2 atom stereocenters. The van der Waals surface area contributed by atoms with Gasteiger partial charge < -0.3 is 21.7 Å². The molecule has 0 aliphatic rings. The van der Waals surface area contributed by atoms with Crippen molar-refractivity contribution in [2.24, 2.45) is 11.5 Å². The molecule has 0 saturated carbocycles. The summed E-state index contributed by atoms with van der Waals surface area (Å²) >= 11 is 1.80. The summed E-state index contributed by atoms with van der Waals surface area (Å²) in [5.74, 6) is 1.16. The highest BCUT2D eigenvalue weighted by molar-refractivity contribution is 7.99. The van der Waals surface area contributed by atoms with Crippen molar-refractivity contribution < 1.29 is 18.6 Å². The highest BCUT2D eigenvalue weighted by atomic mass is 32.2. The second-order valence-electron chi connectivity index (χ2n) is 6.05. The lowest BCUT2D eigenvalue weighted by atomic mass is 10.1. The van der Waals surface area contributed by atoms with Crippen LogP contribution in [-0.4, -0.2) is 51.8 Å². The molecule has 159 valence electrons. The van der Waals surface area contributed by atoms with Gasteiger partial charge in [0.15, 0.2) is 9.84 Å². The molecule has 0 unspecified atom stereocenters. The first-order valence-corrected chi connectivity index (χ1v) is 11.7. The first-order chi connectivity index (χ1) is 13.3. The first kappa shape index (κ1) is 27.6. The number of hydrogen-bond donors (Lipinski definition) is 4. The third-order valence-electron chi connectivity index (χ3n) is 4.06. The number of aliphatic hydroxyl groups is 2. The van der Waals surface area contributed by atoms with Crippen molar-refractivity contribution in [1.29, 1.82) is 0 Å². The average molecular weight is 437 g/mol. The lowest BCUT2D eigenvalue weighted by Gasteiger charge is -2.09. The van der Waals surface area contributed by atoms with E-state index in [1.807, 2.05) is 24.3 Å². The molecule has 9 heteroatoms. The maximum Gasteiger partial charge on any atom is 0.178 e. The highest BCUT2D eigenvalue weighted by Gasteiger charge is 2.12. The van der Waals surface area contributed by atoms with Crippen LogP contribution in [0.4, 0.5) is 0 Å². The zero-order valence-electron chi connectivity index (χ0n) is 16.9. The Morgan fingerprint density at radius 2 is 1.28 bits per heavy atom. The molecule has 0 bridgehead atoms. The van der Waals surface area contributed by atoms with Crippen molar-refractivity contribution in [2.75, 3.05) is 24.7 Å². The monoisotopic (exact) mass is 437 g/mol. The Labute approximate surface area is 180 Å². The molecular formula is C20H30BN2O4S2. The van der Waals surface area contributed by atoms with Gasteiger partial charge in [-0.05, 0) is 41.1 Å². The first-order valence-electron chi connectivity index (χ1n) is 9.07. The fourth-order valence-electron chi connectivity index (χ4n) is 2.28. The van der Waals surface area contributed by atoms with Gasteiger partial charge in [-0.1, -0.05) is 38.1 Å². The van der Waals surface area contributed by atoms with E-state index in [4.69, 9.17) is 21.7 Å². The molecule has 0 fully saturated rings. The second kappa shape index (κ2) is 13.8. The Morgan fingerprint density at radius 3 is 1.62 bits per heavy atom. The van der Waals surface area contributed by atoms with Crippen molar-refractivity contribution in [3.05, 3.63) is 59.7 Å². The zero-order valence-corrected chi connectivity index (χ0v) is 18.5. The van der Waals surface area contributed by atoms with Crippen LogP contribution in [0.1, 0.15) is 37.1 Å². The van der Waals surface area contributed by atoms with Crippen molar-refractivity contribution in [1.82, 2.24) is 0 Å². The van der Waals surface area contributed by atoms with Gasteiger partial charge in [-0.25, -0.2) is 8.42 Å². The molecule has 29 heavy (non-hydrogen) atoms. The van der Waals surface area contributed by atoms with Gasteiger partial charge in [0, 0.05) is 13.3 Å². The molecule has 3 radical (unpaired) electrons. The molecule has 0 saturated heterocycles. The summed E-state index contributed by atoms with van der Waals surface area (Å²) in [4.78, 5) is 1.54. The van der Waals surface area contributed by atoms with Gasteiger partial charge in [0.1, 0.15) is 0 Å². The molecule has 0 aromatic heterocycles. The van der Waals surface area contributed by atoms with Gasteiger partial charge in [-0.15, -0.1) is 11.8 Å². The Balaban J connectivity index is 0.000000527. The van der Waals surface area contributed by atoms with Crippen LogP contribution in [0.3, 0.4) is 0 Å². The normalized spacial score (nSPS) is 12.9. The van der Waals surface area contributed by atoms with E-state index in [2.05, 4.69) is 6.92 Å². The van der Waals surface area contributed by atoms with Crippen LogP contribution in [0, 0.1) is 0 Å². The minimum atomic E-state index is -3.15. The Hall–Kier alpha value is -1.36. The minimum Gasteiger partial charge on any atom is -0.394 e. The number of rotatable bonds is 8. The van der Waals surface area contributed by atoms with E-state index in [1.54, 1.807) is 30.8 Å². The topological polar surface area (TPSA) is 127 Å². The van der Waals surface area contributed by atoms with E-state index in [0.29, 0.717) is 4.90 Å². The fourth-order valence-corrected chi connectivity index (χ4v) is 3.82. The zero-order chi connectivity index (χ0) is 21.2. The van der Waals surface area contributed by atoms with E-state index >= 15 is 0 Å². The molecule has 0 amide bonds. The summed E-state index contributed by atoms with van der Waals surface area (Å²) in [5, 5.41) is 17.7. The number of nitrogens with two attached hydrogens (primary N) is 2. The average Bonchev–Trinajstić information content (AvgIpc) is 2.74. The maximum absolute atomic E-state index is 11.5. The minimum absolute atomic E-state index is 0. The van der Waals surface area contributed by atoms with E-state index in [-0.39, 0.29) is 33.4 Å². The number of aliphatic hydroxyl groups excluding tert-OH is 2. The summed E-state index contributed by atoms with van der Waals surface area (Å²) in [6.45, 7) is 3.57. The van der Waals surface area contributed by atoms with Crippen molar-refractivity contribution in [2.45, 2.75) is 35.7 Å². The molecule has 0 aliphatic carbocycles. The highest BCUT2D eigenvalue weighted by Crippen LogP contribution is 2.19. The third kappa shape index (κ3) is 8.90. The Kier molecular flexibility index (Phi) is 13.1. The van der Waals surface area contributed by atoms with Gasteiger partial charge in [0.25, 0.3) is 0 Å². The van der Waals surface area contributed by atoms with E-state index < -0.39 is 15.9 Å². The standard InChI is InChI=1S/C10H15NO3S.C10H15NOS.B/c1-2-15(13,14)9-5-3-8(4-6-9)10(11)7-12;1-2-13-9-5-3-8(4-6-9)10(11)7-12;/h3-6,10,12H,2,7,11H2,1H3;3-6,10,12H,2,7,11H2,1H3;/t2*10-;/m00./s1. The summed E-state index contributed by atoms with van der Waals surface area (Å²) in [6, 6.07) is 13.6. The quantitative estimate of drug-likeness (QED) is 0.367. The molecule has 6 N–H and O–H groups in total. The van der Waals surface area contributed by atoms with Crippen LogP contribution in [0.2, 0.25) is 0 Å². The SMILES string of the molecule is CCS(=O)(=O)c1ccc([C@@H](N)CO)cc1.CCSc1ccc([C@@H](N)CO)cc1.[B]. The van der Waals surface area contributed by atoms with Gasteiger partial charge in [-0.3, -0.25) is 0 Å². The van der Waals surface area contributed by atoms with Crippen molar-refractivity contribution in [3.8, 4) is 0 Å². The third-order valence-corrected chi connectivity index (χ3v) is 6.70. The summed E-state index contributed by atoms with van der Waals surface area (Å²) in [5.41, 5.74) is 13.0. The number of benzene rings is 2. The summed E-state index contributed by atoms with van der Waals surface area (Å²) in [7, 11) is -3.15. The Bertz CT molecular complexity index is 800. The van der Waals surface area contributed by atoms with E-state index in [0.717, 1.165) is 16.9 Å². The molecule has 2 aromatic carbocycles. The van der Waals surface area contributed by atoms with Crippen LogP contribution in [0.25, 0.3) is 0 Å². The number of thioether (sulfide) groups is 1. The number of hydrogen-bond acceptors (Lipinski definition) is 7. The molecule has 6 nitrogen and oxygen atoms in total.